The second-order valence-electron chi connectivity index (χ2n) is 6.14. The van der Waals surface area contributed by atoms with E-state index in [1.807, 2.05) is 30.3 Å². The van der Waals surface area contributed by atoms with E-state index in [2.05, 4.69) is 74.6 Å². The fourth-order valence-corrected chi connectivity index (χ4v) is 3.10. The van der Waals surface area contributed by atoms with Gasteiger partial charge in [0.05, 0.1) is 11.9 Å². The van der Waals surface area contributed by atoms with E-state index in [9.17, 15) is 0 Å². The van der Waals surface area contributed by atoms with Crippen LogP contribution in [0.4, 0.5) is 23.1 Å². The SMILES string of the molecule is Cc1ccc(Nc2cnnc(Nc3ccccc3C(C)C)n2)c(Br)c1. The molecule has 0 fully saturated rings. The maximum atomic E-state index is 4.51. The van der Waals surface area contributed by atoms with Gasteiger partial charge >= 0.3 is 0 Å². The molecule has 0 aliphatic rings. The smallest absolute Gasteiger partial charge is 0.249 e. The summed E-state index contributed by atoms with van der Waals surface area (Å²) in [6, 6.07) is 14.2. The zero-order chi connectivity index (χ0) is 17.8. The third kappa shape index (κ3) is 4.33. The van der Waals surface area contributed by atoms with Crippen molar-refractivity contribution in [1.82, 2.24) is 15.2 Å². The maximum absolute atomic E-state index is 4.51. The highest BCUT2D eigenvalue weighted by Crippen LogP contribution is 2.28. The van der Waals surface area contributed by atoms with E-state index >= 15 is 0 Å². The Morgan fingerprint density at radius 2 is 1.80 bits per heavy atom. The van der Waals surface area contributed by atoms with Gasteiger partial charge in [-0.3, -0.25) is 0 Å². The first-order valence-corrected chi connectivity index (χ1v) is 8.91. The molecular weight excluding hydrogens is 378 g/mol. The van der Waals surface area contributed by atoms with E-state index in [1.165, 1.54) is 11.1 Å². The van der Waals surface area contributed by atoms with Crippen LogP contribution in [0.3, 0.4) is 0 Å². The van der Waals surface area contributed by atoms with Crippen molar-refractivity contribution in [2.45, 2.75) is 26.7 Å². The Balaban J connectivity index is 1.82. The summed E-state index contributed by atoms with van der Waals surface area (Å²) in [5, 5.41) is 14.7. The minimum Gasteiger partial charge on any atom is -0.338 e. The fourth-order valence-electron chi connectivity index (χ4n) is 2.51. The van der Waals surface area contributed by atoms with E-state index in [0.29, 0.717) is 17.7 Å². The zero-order valence-electron chi connectivity index (χ0n) is 14.4. The first-order valence-electron chi connectivity index (χ1n) is 8.12. The van der Waals surface area contributed by atoms with E-state index < -0.39 is 0 Å². The number of para-hydroxylation sites is 1. The molecule has 0 aliphatic carbocycles. The molecular formula is C19H20BrN5. The van der Waals surface area contributed by atoms with Gasteiger partial charge < -0.3 is 10.6 Å². The average Bonchev–Trinajstić information content (AvgIpc) is 2.58. The standard InChI is InChI=1S/C19H20BrN5/c1-12(2)14-6-4-5-7-16(14)23-19-24-18(11-21-25-19)22-17-9-8-13(3)10-15(17)20/h4-12H,1-3H3,(H2,22,23,24,25). The number of nitrogens with one attached hydrogen (secondary N) is 2. The van der Waals surface area contributed by atoms with Gasteiger partial charge in [-0.15, -0.1) is 5.10 Å². The van der Waals surface area contributed by atoms with Crippen molar-refractivity contribution < 1.29 is 0 Å². The van der Waals surface area contributed by atoms with Gasteiger partial charge in [0.2, 0.25) is 5.95 Å². The van der Waals surface area contributed by atoms with Crippen molar-refractivity contribution in [2.24, 2.45) is 0 Å². The number of hydrogen-bond acceptors (Lipinski definition) is 5. The lowest BCUT2D eigenvalue weighted by Gasteiger charge is -2.14. The molecule has 25 heavy (non-hydrogen) atoms. The molecule has 0 saturated heterocycles. The second-order valence-corrected chi connectivity index (χ2v) is 6.99. The minimum absolute atomic E-state index is 0.404. The molecule has 1 aromatic heterocycles. The zero-order valence-corrected chi connectivity index (χ0v) is 16.0. The Morgan fingerprint density at radius 1 is 1.00 bits per heavy atom. The van der Waals surface area contributed by atoms with Gasteiger partial charge in [0, 0.05) is 10.2 Å². The predicted octanol–water partition coefficient (Wildman–Crippen LogP) is 5.55. The highest BCUT2D eigenvalue weighted by atomic mass is 79.9. The monoisotopic (exact) mass is 397 g/mol. The fraction of sp³-hybridized carbons (Fsp3) is 0.211. The number of rotatable bonds is 5. The number of benzene rings is 2. The molecule has 2 N–H and O–H groups in total. The summed E-state index contributed by atoms with van der Waals surface area (Å²) in [5.74, 6) is 1.49. The van der Waals surface area contributed by atoms with Crippen molar-refractivity contribution in [3.63, 3.8) is 0 Å². The van der Waals surface area contributed by atoms with E-state index in [0.717, 1.165) is 15.8 Å². The summed E-state index contributed by atoms with van der Waals surface area (Å²) in [6.45, 7) is 6.37. The van der Waals surface area contributed by atoms with Crippen molar-refractivity contribution in [1.29, 1.82) is 0 Å². The van der Waals surface area contributed by atoms with Crippen LogP contribution < -0.4 is 10.6 Å². The van der Waals surface area contributed by atoms with Crippen LogP contribution >= 0.6 is 15.9 Å². The highest BCUT2D eigenvalue weighted by molar-refractivity contribution is 9.10. The van der Waals surface area contributed by atoms with Gasteiger partial charge in [-0.1, -0.05) is 38.1 Å². The Labute approximate surface area is 156 Å². The quantitative estimate of drug-likeness (QED) is 0.590. The molecule has 0 atom stereocenters. The van der Waals surface area contributed by atoms with Crippen LogP contribution in [0.2, 0.25) is 0 Å². The van der Waals surface area contributed by atoms with E-state index in [4.69, 9.17) is 0 Å². The average molecular weight is 398 g/mol. The van der Waals surface area contributed by atoms with E-state index in [1.54, 1.807) is 6.20 Å². The largest absolute Gasteiger partial charge is 0.338 e. The minimum atomic E-state index is 0.404. The third-order valence-corrected chi connectivity index (χ3v) is 4.43. The molecule has 1 heterocycles. The van der Waals surface area contributed by atoms with Crippen LogP contribution in [-0.4, -0.2) is 15.2 Å². The normalized spacial score (nSPS) is 10.8. The van der Waals surface area contributed by atoms with Gasteiger partial charge in [0.15, 0.2) is 5.82 Å². The van der Waals surface area contributed by atoms with Crippen LogP contribution in [0.1, 0.15) is 30.9 Å². The Bertz CT molecular complexity index is 879. The predicted molar refractivity (Wildman–Crippen MR) is 106 cm³/mol. The number of halogens is 1. The molecule has 6 heteroatoms. The Kier molecular flexibility index (Phi) is 5.28. The summed E-state index contributed by atoms with van der Waals surface area (Å²) in [4.78, 5) is 4.51. The van der Waals surface area contributed by atoms with Gasteiger partial charge in [-0.25, -0.2) is 0 Å². The van der Waals surface area contributed by atoms with Crippen LogP contribution in [0, 0.1) is 6.92 Å². The summed E-state index contributed by atoms with van der Waals surface area (Å²) in [6.07, 6.45) is 1.60. The molecule has 0 aliphatic heterocycles. The van der Waals surface area contributed by atoms with Crippen molar-refractivity contribution in [3.8, 4) is 0 Å². The van der Waals surface area contributed by atoms with Crippen LogP contribution in [0.25, 0.3) is 0 Å². The first-order chi connectivity index (χ1) is 12.0. The van der Waals surface area contributed by atoms with Crippen molar-refractivity contribution in [2.75, 3.05) is 10.6 Å². The molecule has 3 rings (SSSR count). The van der Waals surface area contributed by atoms with Gasteiger partial charge in [-0.2, -0.15) is 10.1 Å². The van der Waals surface area contributed by atoms with Gasteiger partial charge in [0.25, 0.3) is 0 Å². The molecule has 5 nitrogen and oxygen atoms in total. The topological polar surface area (TPSA) is 62.7 Å². The number of nitrogens with zero attached hydrogens (tertiary/aromatic N) is 3. The lowest BCUT2D eigenvalue weighted by Crippen LogP contribution is -2.04. The summed E-state index contributed by atoms with van der Waals surface area (Å²) >= 11 is 3.56. The molecule has 0 unspecified atom stereocenters. The van der Waals surface area contributed by atoms with Gasteiger partial charge in [-0.05, 0) is 58.1 Å². The van der Waals surface area contributed by atoms with Crippen LogP contribution in [-0.2, 0) is 0 Å². The van der Waals surface area contributed by atoms with Crippen molar-refractivity contribution in [3.05, 3.63) is 64.3 Å². The Morgan fingerprint density at radius 3 is 2.56 bits per heavy atom. The molecule has 2 aromatic carbocycles. The second kappa shape index (κ2) is 7.61. The lowest BCUT2D eigenvalue weighted by atomic mass is 10.0. The molecule has 0 saturated carbocycles. The number of aromatic nitrogens is 3. The number of anilines is 4. The molecule has 0 bridgehead atoms. The molecule has 128 valence electrons. The summed E-state index contributed by atoms with van der Waals surface area (Å²) in [7, 11) is 0. The Hall–Kier alpha value is -2.47. The maximum Gasteiger partial charge on any atom is 0.249 e. The summed E-state index contributed by atoms with van der Waals surface area (Å²) in [5.41, 5.74) is 4.32. The molecule has 0 spiro atoms. The van der Waals surface area contributed by atoms with Gasteiger partial charge in [0.1, 0.15) is 0 Å². The molecule has 0 amide bonds. The first kappa shape index (κ1) is 17.4. The van der Waals surface area contributed by atoms with E-state index in [-0.39, 0.29) is 0 Å². The van der Waals surface area contributed by atoms with Crippen molar-refractivity contribution >= 4 is 39.1 Å². The number of aryl methyl sites for hydroxylation is 1. The third-order valence-electron chi connectivity index (χ3n) is 3.78. The molecule has 3 aromatic rings. The lowest BCUT2D eigenvalue weighted by molar-refractivity contribution is 0.867. The van der Waals surface area contributed by atoms with Crippen LogP contribution in [0.15, 0.2) is 53.1 Å². The number of hydrogen-bond donors (Lipinski definition) is 2. The van der Waals surface area contributed by atoms with Crippen LogP contribution in [0.5, 0.6) is 0 Å². The highest BCUT2D eigenvalue weighted by Gasteiger charge is 2.09. The molecule has 0 radical (unpaired) electrons. The summed E-state index contributed by atoms with van der Waals surface area (Å²) < 4.78 is 0.978.